The Labute approximate surface area is 141 Å². The van der Waals surface area contributed by atoms with E-state index in [9.17, 15) is 14.0 Å². The first-order valence-electron chi connectivity index (χ1n) is 7.80. The first-order valence-corrected chi connectivity index (χ1v) is 7.80. The number of methoxy groups -OCH3 is 1. The predicted molar refractivity (Wildman–Crippen MR) is 90.6 cm³/mol. The van der Waals surface area contributed by atoms with Crippen molar-refractivity contribution in [3.63, 3.8) is 0 Å². The normalized spacial score (nSPS) is 11.1. The highest BCUT2D eigenvalue weighted by atomic mass is 19.1. The number of halogens is 1. The number of carbonyl (C=O) groups is 2. The summed E-state index contributed by atoms with van der Waals surface area (Å²) in [5.74, 6) is 4.57. The lowest BCUT2D eigenvalue weighted by Gasteiger charge is -2.13. The highest BCUT2D eigenvalue weighted by molar-refractivity contribution is 5.73. The summed E-state index contributed by atoms with van der Waals surface area (Å²) in [6, 6.07) is 4.93. The Morgan fingerprint density at radius 1 is 1.38 bits per heavy atom. The van der Waals surface area contributed by atoms with Crippen molar-refractivity contribution in [3.05, 3.63) is 29.6 Å². The van der Waals surface area contributed by atoms with Crippen LogP contribution >= 0.6 is 0 Å². The van der Waals surface area contributed by atoms with Gasteiger partial charge >= 0.3 is 5.97 Å². The summed E-state index contributed by atoms with van der Waals surface area (Å²) in [6.07, 6.45) is 1.46. The molecule has 1 atom stereocenters. The van der Waals surface area contributed by atoms with Gasteiger partial charge in [-0.2, -0.15) is 0 Å². The molecule has 1 aromatic carbocycles. The van der Waals surface area contributed by atoms with E-state index in [4.69, 9.17) is 5.73 Å². The van der Waals surface area contributed by atoms with E-state index in [2.05, 4.69) is 21.9 Å². The van der Waals surface area contributed by atoms with Crippen molar-refractivity contribution >= 4 is 17.6 Å². The maximum absolute atomic E-state index is 14.4. The SMILES string of the molecule is COC(=O)CCC#Cc1cccc(NC[C@@H](C)CCC(N)=O)c1F. The lowest BCUT2D eigenvalue weighted by molar-refractivity contribution is -0.140. The van der Waals surface area contributed by atoms with Crippen LogP contribution in [0.2, 0.25) is 0 Å². The minimum Gasteiger partial charge on any atom is -0.469 e. The molecule has 0 aliphatic heterocycles. The van der Waals surface area contributed by atoms with Crippen molar-refractivity contribution in [3.8, 4) is 11.8 Å². The van der Waals surface area contributed by atoms with Crippen LogP contribution in [0, 0.1) is 23.6 Å². The molecule has 130 valence electrons. The number of anilines is 1. The molecule has 0 radical (unpaired) electrons. The number of nitrogens with two attached hydrogens (primary N) is 1. The number of hydrogen-bond acceptors (Lipinski definition) is 4. The molecule has 0 fully saturated rings. The molecule has 0 aliphatic rings. The number of benzene rings is 1. The molecule has 6 heteroatoms. The number of amides is 1. The van der Waals surface area contributed by atoms with Crippen LogP contribution in [0.5, 0.6) is 0 Å². The number of esters is 1. The first kappa shape index (κ1) is 19.5. The van der Waals surface area contributed by atoms with Gasteiger partial charge < -0.3 is 15.8 Å². The third kappa shape index (κ3) is 7.14. The Kier molecular flexibility index (Phi) is 8.34. The molecule has 24 heavy (non-hydrogen) atoms. The third-order valence-electron chi connectivity index (χ3n) is 3.43. The fourth-order valence-corrected chi connectivity index (χ4v) is 1.96. The van der Waals surface area contributed by atoms with Gasteiger partial charge in [-0.3, -0.25) is 9.59 Å². The van der Waals surface area contributed by atoms with Gasteiger partial charge in [0.05, 0.1) is 24.8 Å². The summed E-state index contributed by atoms with van der Waals surface area (Å²) in [6.45, 7) is 2.49. The molecule has 0 spiro atoms. The quantitative estimate of drug-likeness (QED) is 0.565. The molecule has 1 aromatic rings. The van der Waals surface area contributed by atoms with E-state index in [1.807, 2.05) is 6.92 Å². The molecule has 1 rings (SSSR count). The summed E-state index contributed by atoms with van der Waals surface area (Å²) in [5.41, 5.74) is 5.75. The second kappa shape index (κ2) is 10.3. The Morgan fingerprint density at radius 2 is 2.12 bits per heavy atom. The minimum atomic E-state index is -0.426. The molecule has 1 amide bonds. The molecular formula is C18H23FN2O3. The number of ether oxygens (including phenoxy) is 1. The number of nitrogens with one attached hydrogen (secondary N) is 1. The molecular weight excluding hydrogens is 311 g/mol. The van der Waals surface area contributed by atoms with E-state index in [1.165, 1.54) is 7.11 Å². The molecule has 0 saturated heterocycles. The van der Waals surface area contributed by atoms with Crippen molar-refractivity contribution in [2.45, 2.75) is 32.6 Å². The Morgan fingerprint density at radius 3 is 2.79 bits per heavy atom. The summed E-state index contributed by atoms with van der Waals surface area (Å²) in [5, 5.41) is 3.03. The smallest absolute Gasteiger partial charge is 0.306 e. The molecule has 0 aromatic heterocycles. The second-order valence-corrected chi connectivity index (χ2v) is 5.54. The van der Waals surface area contributed by atoms with Gasteiger partial charge in [0, 0.05) is 19.4 Å². The van der Waals surface area contributed by atoms with Crippen LogP contribution in [0.1, 0.15) is 38.2 Å². The zero-order chi connectivity index (χ0) is 17.9. The summed E-state index contributed by atoms with van der Waals surface area (Å²) in [4.78, 5) is 21.7. The number of carbonyl (C=O) groups excluding carboxylic acids is 2. The summed E-state index contributed by atoms with van der Waals surface area (Å²) < 4.78 is 18.9. The van der Waals surface area contributed by atoms with Crippen molar-refractivity contribution in [1.82, 2.24) is 0 Å². The van der Waals surface area contributed by atoms with Crippen LogP contribution in [0.3, 0.4) is 0 Å². The van der Waals surface area contributed by atoms with E-state index >= 15 is 0 Å². The highest BCUT2D eigenvalue weighted by Gasteiger charge is 2.09. The number of hydrogen-bond donors (Lipinski definition) is 2. The van der Waals surface area contributed by atoms with Gasteiger partial charge in [0.2, 0.25) is 5.91 Å². The molecule has 5 nitrogen and oxygen atoms in total. The number of primary amides is 1. The number of rotatable bonds is 8. The van der Waals surface area contributed by atoms with Crippen molar-refractivity contribution in [2.24, 2.45) is 11.7 Å². The average molecular weight is 334 g/mol. The second-order valence-electron chi connectivity index (χ2n) is 5.54. The molecule has 3 N–H and O–H groups in total. The summed E-state index contributed by atoms with van der Waals surface area (Å²) in [7, 11) is 1.31. The van der Waals surface area contributed by atoms with Crippen LogP contribution in [0.4, 0.5) is 10.1 Å². The predicted octanol–water partition coefficient (Wildman–Crippen LogP) is 2.44. The Hall–Kier alpha value is -2.55. The fraction of sp³-hybridized carbons (Fsp3) is 0.444. The van der Waals surface area contributed by atoms with E-state index in [1.54, 1.807) is 18.2 Å². The third-order valence-corrected chi connectivity index (χ3v) is 3.43. The van der Waals surface area contributed by atoms with E-state index in [0.29, 0.717) is 31.5 Å². The van der Waals surface area contributed by atoms with Gasteiger partial charge in [0.15, 0.2) is 5.82 Å². The standard InChI is InChI=1S/C18H23FN2O3/c1-13(10-11-16(20)22)12-21-15-8-5-7-14(18(15)19)6-3-4-9-17(23)24-2/h5,7-8,13,21H,4,9-12H2,1-2H3,(H2,20,22)/t13-/m0/s1. The first-order chi connectivity index (χ1) is 11.4. The average Bonchev–Trinajstić information content (AvgIpc) is 2.56. The Bertz CT molecular complexity index is 635. The highest BCUT2D eigenvalue weighted by Crippen LogP contribution is 2.18. The molecule has 0 aliphatic carbocycles. The Balaban J connectivity index is 2.60. The van der Waals surface area contributed by atoms with Gasteiger partial charge in [-0.1, -0.05) is 24.8 Å². The van der Waals surface area contributed by atoms with Crippen LogP contribution in [-0.4, -0.2) is 25.5 Å². The summed E-state index contributed by atoms with van der Waals surface area (Å²) >= 11 is 0. The fourth-order valence-electron chi connectivity index (χ4n) is 1.96. The zero-order valence-electron chi connectivity index (χ0n) is 14.0. The van der Waals surface area contributed by atoms with Crippen LogP contribution in [0.25, 0.3) is 0 Å². The van der Waals surface area contributed by atoms with E-state index in [0.717, 1.165) is 0 Å². The molecule has 0 unspecified atom stereocenters. The van der Waals surface area contributed by atoms with Crippen molar-refractivity contribution < 1.29 is 18.7 Å². The zero-order valence-corrected chi connectivity index (χ0v) is 14.0. The molecule has 0 bridgehead atoms. The van der Waals surface area contributed by atoms with Gasteiger partial charge in [0.1, 0.15) is 0 Å². The minimum absolute atomic E-state index is 0.181. The lowest BCUT2D eigenvalue weighted by Crippen LogP contribution is -2.16. The van der Waals surface area contributed by atoms with Crippen LogP contribution in [0.15, 0.2) is 18.2 Å². The van der Waals surface area contributed by atoms with Crippen molar-refractivity contribution in [2.75, 3.05) is 19.0 Å². The topological polar surface area (TPSA) is 81.4 Å². The van der Waals surface area contributed by atoms with E-state index < -0.39 is 5.82 Å². The van der Waals surface area contributed by atoms with Crippen LogP contribution < -0.4 is 11.1 Å². The largest absolute Gasteiger partial charge is 0.469 e. The maximum Gasteiger partial charge on any atom is 0.306 e. The van der Waals surface area contributed by atoms with Crippen LogP contribution in [-0.2, 0) is 14.3 Å². The van der Waals surface area contributed by atoms with Crippen molar-refractivity contribution in [1.29, 1.82) is 0 Å². The van der Waals surface area contributed by atoms with E-state index in [-0.39, 0.29) is 29.8 Å². The van der Waals surface area contributed by atoms with Gasteiger partial charge in [-0.25, -0.2) is 4.39 Å². The van der Waals surface area contributed by atoms with Gasteiger partial charge in [-0.05, 0) is 24.5 Å². The van der Waals surface area contributed by atoms with Gasteiger partial charge in [-0.15, -0.1) is 0 Å². The monoisotopic (exact) mass is 334 g/mol. The lowest BCUT2D eigenvalue weighted by atomic mass is 10.1. The molecule has 0 heterocycles. The van der Waals surface area contributed by atoms with Gasteiger partial charge in [0.25, 0.3) is 0 Å². The molecule has 0 saturated carbocycles. The maximum atomic E-state index is 14.4.